The summed E-state index contributed by atoms with van der Waals surface area (Å²) in [6.07, 6.45) is 7.87. The van der Waals surface area contributed by atoms with Gasteiger partial charge in [0.25, 0.3) is 0 Å². The zero-order valence-electron chi connectivity index (χ0n) is 15.7. The van der Waals surface area contributed by atoms with E-state index in [1.807, 2.05) is 12.1 Å². The highest BCUT2D eigenvalue weighted by Gasteiger charge is 2.50. The Morgan fingerprint density at radius 2 is 1.79 bits per heavy atom. The second-order valence-electron chi connectivity index (χ2n) is 7.58. The number of rotatable bonds is 5. The molecule has 0 spiro atoms. The number of amides is 1. The maximum atomic E-state index is 13.4. The molecule has 1 N–H and O–H groups in total. The van der Waals surface area contributed by atoms with E-state index in [4.69, 9.17) is 0 Å². The third kappa shape index (κ3) is 3.69. The Morgan fingerprint density at radius 3 is 2.54 bits per heavy atom. The summed E-state index contributed by atoms with van der Waals surface area (Å²) in [5.74, 6) is 0.0367. The maximum Gasteiger partial charge on any atom is 0.244 e. The number of hydrogen-bond donors (Lipinski definition) is 1. The standard InChI is InChI=1S/C21H25N3O3S/c25-21(23-15-16-10-12-22-13-11-16)20-14-17-6-4-5-9-19(17)24(20)28(26,27)18-7-2-1-3-8-18/h1-3,7-8,10-13,17,19-20H,4-6,9,14-15H2,(H,23,25). The van der Waals surface area contributed by atoms with Crippen LogP contribution < -0.4 is 5.32 Å². The lowest BCUT2D eigenvalue weighted by Gasteiger charge is -2.32. The fourth-order valence-electron chi connectivity index (χ4n) is 4.51. The highest BCUT2D eigenvalue weighted by molar-refractivity contribution is 7.89. The number of sulfonamides is 1. The predicted octanol–water partition coefficient (Wildman–Crippen LogP) is 2.72. The van der Waals surface area contributed by atoms with Gasteiger partial charge in [-0.15, -0.1) is 0 Å². The first-order valence-electron chi connectivity index (χ1n) is 9.82. The third-order valence-corrected chi connectivity index (χ3v) is 7.81. The number of nitrogens with one attached hydrogen (secondary N) is 1. The molecule has 6 nitrogen and oxygen atoms in total. The molecule has 2 aromatic rings. The molecule has 1 aromatic heterocycles. The molecular formula is C21H25N3O3S. The van der Waals surface area contributed by atoms with Crippen LogP contribution in [-0.4, -0.2) is 35.7 Å². The van der Waals surface area contributed by atoms with Crippen LogP contribution in [0.25, 0.3) is 0 Å². The van der Waals surface area contributed by atoms with Crippen LogP contribution in [0.2, 0.25) is 0 Å². The minimum Gasteiger partial charge on any atom is -0.351 e. The highest BCUT2D eigenvalue weighted by atomic mass is 32.2. The van der Waals surface area contributed by atoms with Gasteiger partial charge < -0.3 is 5.32 Å². The first-order chi connectivity index (χ1) is 13.6. The van der Waals surface area contributed by atoms with Crippen LogP contribution in [0.15, 0.2) is 59.8 Å². The maximum absolute atomic E-state index is 13.4. The van der Waals surface area contributed by atoms with E-state index in [-0.39, 0.29) is 22.8 Å². The van der Waals surface area contributed by atoms with Gasteiger partial charge in [-0.05, 0) is 55.0 Å². The molecule has 148 valence electrons. The van der Waals surface area contributed by atoms with Crippen LogP contribution in [0.3, 0.4) is 0 Å². The van der Waals surface area contributed by atoms with Crippen LogP contribution >= 0.6 is 0 Å². The quantitative estimate of drug-likeness (QED) is 0.838. The molecule has 1 aromatic carbocycles. The first-order valence-corrected chi connectivity index (χ1v) is 11.3. The van der Waals surface area contributed by atoms with Crippen molar-refractivity contribution in [3.63, 3.8) is 0 Å². The van der Waals surface area contributed by atoms with Crippen molar-refractivity contribution in [2.45, 2.75) is 55.6 Å². The summed E-state index contributed by atoms with van der Waals surface area (Å²) in [7, 11) is -3.72. The highest BCUT2D eigenvalue weighted by Crippen LogP contribution is 2.42. The van der Waals surface area contributed by atoms with E-state index in [2.05, 4.69) is 10.3 Å². The smallest absolute Gasteiger partial charge is 0.244 e. The van der Waals surface area contributed by atoms with Crippen molar-refractivity contribution < 1.29 is 13.2 Å². The van der Waals surface area contributed by atoms with Gasteiger partial charge in [-0.1, -0.05) is 31.0 Å². The fourth-order valence-corrected chi connectivity index (χ4v) is 6.41. The van der Waals surface area contributed by atoms with Crippen molar-refractivity contribution in [3.05, 3.63) is 60.4 Å². The third-order valence-electron chi connectivity index (χ3n) is 5.87. The van der Waals surface area contributed by atoms with Gasteiger partial charge in [0.1, 0.15) is 6.04 Å². The van der Waals surface area contributed by atoms with Gasteiger partial charge in [0.05, 0.1) is 4.90 Å². The zero-order valence-corrected chi connectivity index (χ0v) is 16.5. The van der Waals surface area contributed by atoms with Crippen molar-refractivity contribution in [1.29, 1.82) is 0 Å². The largest absolute Gasteiger partial charge is 0.351 e. The minimum absolute atomic E-state index is 0.0874. The molecule has 2 aliphatic rings. The summed E-state index contributed by atoms with van der Waals surface area (Å²) in [5.41, 5.74) is 0.941. The van der Waals surface area contributed by atoms with Crippen LogP contribution in [0.5, 0.6) is 0 Å². The summed E-state index contributed by atoms with van der Waals surface area (Å²) in [6, 6.07) is 11.4. The molecule has 1 aliphatic carbocycles. The second-order valence-corrected chi connectivity index (χ2v) is 9.43. The molecule has 28 heavy (non-hydrogen) atoms. The molecular weight excluding hydrogens is 374 g/mol. The van der Waals surface area contributed by atoms with E-state index in [0.29, 0.717) is 13.0 Å². The molecule has 4 rings (SSSR count). The molecule has 1 saturated carbocycles. The fraction of sp³-hybridized carbons (Fsp3) is 0.429. The number of fused-ring (bicyclic) bond motifs is 1. The predicted molar refractivity (Wildman–Crippen MR) is 106 cm³/mol. The van der Waals surface area contributed by atoms with Crippen molar-refractivity contribution >= 4 is 15.9 Å². The number of aromatic nitrogens is 1. The van der Waals surface area contributed by atoms with E-state index in [0.717, 1.165) is 31.2 Å². The summed E-state index contributed by atoms with van der Waals surface area (Å²) < 4.78 is 28.3. The van der Waals surface area contributed by atoms with Crippen molar-refractivity contribution in [3.8, 4) is 0 Å². The Bertz CT molecular complexity index is 918. The molecule has 1 amide bonds. The van der Waals surface area contributed by atoms with Gasteiger partial charge in [-0.3, -0.25) is 9.78 Å². The van der Waals surface area contributed by atoms with E-state index < -0.39 is 16.1 Å². The Labute approximate surface area is 166 Å². The SMILES string of the molecule is O=C(NCc1ccncc1)C1CC2CCCCC2N1S(=O)(=O)c1ccccc1. The number of hydrogen-bond acceptors (Lipinski definition) is 4. The summed E-state index contributed by atoms with van der Waals surface area (Å²) in [4.78, 5) is 17.3. The van der Waals surface area contributed by atoms with Gasteiger partial charge in [0.2, 0.25) is 15.9 Å². The van der Waals surface area contributed by atoms with Crippen LogP contribution in [0.1, 0.15) is 37.7 Å². The van der Waals surface area contributed by atoms with Gasteiger partial charge in [-0.25, -0.2) is 8.42 Å². The topological polar surface area (TPSA) is 79.4 Å². The molecule has 0 radical (unpaired) electrons. The molecule has 7 heteroatoms. The lowest BCUT2D eigenvalue weighted by atomic mass is 9.85. The average molecular weight is 400 g/mol. The molecule has 1 aliphatic heterocycles. The van der Waals surface area contributed by atoms with E-state index in [9.17, 15) is 13.2 Å². The van der Waals surface area contributed by atoms with Gasteiger partial charge in [0, 0.05) is 25.0 Å². The van der Waals surface area contributed by atoms with Crippen LogP contribution in [-0.2, 0) is 21.4 Å². The molecule has 3 unspecified atom stereocenters. The minimum atomic E-state index is -3.72. The van der Waals surface area contributed by atoms with Gasteiger partial charge in [-0.2, -0.15) is 4.31 Å². The number of carbonyl (C=O) groups is 1. The molecule has 2 fully saturated rings. The average Bonchev–Trinajstić information content (AvgIpc) is 3.14. The van der Waals surface area contributed by atoms with Crippen molar-refractivity contribution in [2.75, 3.05) is 0 Å². The lowest BCUT2D eigenvalue weighted by molar-refractivity contribution is -0.124. The lowest BCUT2D eigenvalue weighted by Crippen LogP contribution is -2.49. The van der Waals surface area contributed by atoms with E-state index in [1.54, 1.807) is 42.7 Å². The summed E-state index contributed by atoms with van der Waals surface area (Å²) in [5, 5.41) is 2.93. The number of carbonyl (C=O) groups excluding carboxylic acids is 1. The van der Waals surface area contributed by atoms with E-state index in [1.165, 1.54) is 4.31 Å². The second kappa shape index (κ2) is 8.01. The zero-order chi connectivity index (χ0) is 19.6. The summed E-state index contributed by atoms with van der Waals surface area (Å²) >= 11 is 0. The number of pyridine rings is 1. The summed E-state index contributed by atoms with van der Waals surface area (Å²) in [6.45, 7) is 0.367. The Kier molecular flexibility index (Phi) is 5.46. The van der Waals surface area contributed by atoms with Crippen LogP contribution in [0, 0.1) is 5.92 Å². The monoisotopic (exact) mass is 399 g/mol. The molecule has 2 heterocycles. The van der Waals surface area contributed by atoms with E-state index >= 15 is 0 Å². The molecule has 0 bridgehead atoms. The number of nitrogens with zero attached hydrogens (tertiary/aromatic N) is 2. The Balaban J connectivity index is 1.60. The van der Waals surface area contributed by atoms with Crippen molar-refractivity contribution in [2.24, 2.45) is 5.92 Å². The normalized spacial score (nSPS) is 25.2. The van der Waals surface area contributed by atoms with Gasteiger partial charge >= 0.3 is 0 Å². The Morgan fingerprint density at radius 1 is 1.07 bits per heavy atom. The first kappa shape index (κ1) is 19.1. The Hall–Kier alpha value is -2.25. The van der Waals surface area contributed by atoms with Crippen molar-refractivity contribution in [1.82, 2.24) is 14.6 Å². The molecule has 3 atom stereocenters. The number of benzene rings is 1. The van der Waals surface area contributed by atoms with Crippen LogP contribution in [0.4, 0.5) is 0 Å². The molecule has 1 saturated heterocycles. The van der Waals surface area contributed by atoms with Gasteiger partial charge in [0.15, 0.2) is 0 Å².